The molecule has 3 aromatic rings. The van der Waals surface area contributed by atoms with Crippen LogP contribution in [0.4, 0.5) is 0 Å². The Bertz CT molecular complexity index is 1300. The molecule has 0 saturated carbocycles. The van der Waals surface area contributed by atoms with Gasteiger partial charge in [0, 0.05) is 26.6 Å². The molecule has 0 heterocycles. The van der Waals surface area contributed by atoms with E-state index in [0.717, 1.165) is 8.78 Å². The SMILES string of the molecule is COc1ccccc1/C=N/NC(=O)CN(Cc1ccc(Cl)cc1Cl)S(=O)(=O)c1ccc(Br)cc1. The maximum absolute atomic E-state index is 13.3. The molecule has 0 bridgehead atoms. The number of methoxy groups -OCH3 is 1. The average molecular weight is 585 g/mol. The number of ether oxygens (including phenoxy) is 1. The van der Waals surface area contributed by atoms with E-state index in [4.69, 9.17) is 27.9 Å². The quantitative estimate of drug-likeness (QED) is 0.280. The number of hydrogen-bond acceptors (Lipinski definition) is 5. The number of nitrogens with one attached hydrogen (secondary N) is 1. The molecule has 0 fully saturated rings. The van der Waals surface area contributed by atoms with Crippen LogP contribution in [0.2, 0.25) is 10.0 Å². The van der Waals surface area contributed by atoms with Gasteiger partial charge in [0.1, 0.15) is 5.75 Å². The van der Waals surface area contributed by atoms with Crippen LogP contribution in [0.15, 0.2) is 81.2 Å². The van der Waals surface area contributed by atoms with Crippen molar-refractivity contribution in [3.8, 4) is 5.75 Å². The van der Waals surface area contributed by atoms with Gasteiger partial charge in [0.05, 0.1) is 24.8 Å². The Balaban J connectivity index is 1.83. The fraction of sp³-hybridized carbons (Fsp3) is 0.130. The molecule has 11 heteroatoms. The summed E-state index contributed by atoms with van der Waals surface area (Å²) in [5, 5.41) is 4.64. The van der Waals surface area contributed by atoms with Gasteiger partial charge in [0.2, 0.25) is 10.0 Å². The second-order valence-electron chi connectivity index (χ2n) is 7.00. The summed E-state index contributed by atoms with van der Waals surface area (Å²) in [5.41, 5.74) is 3.51. The van der Waals surface area contributed by atoms with Crippen LogP contribution in [0.25, 0.3) is 0 Å². The van der Waals surface area contributed by atoms with Gasteiger partial charge in [-0.05, 0) is 54.1 Å². The van der Waals surface area contributed by atoms with Crippen molar-refractivity contribution in [2.75, 3.05) is 13.7 Å². The van der Waals surface area contributed by atoms with Crippen molar-refractivity contribution < 1.29 is 17.9 Å². The summed E-state index contributed by atoms with van der Waals surface area (Å²) in [7, 11) is -2.51. The number of para-hydroxylation sites is 1. The number of hydrazone groups is 1. The summed E-state index contributed by atoms with van der Waals surface area (Å²) >= 11 is 15.5. The van der Waals surface area contributed by atoms with Crippen LogP contribution in [0.5, 0.6) is 5.75 Å². The first-order valence-corrected chi connectivity index (χ1v) is 12.8. The highest BCUT2D eigenvalue weighted by atomic mass is 79.9. The summed E-state index contributed by atoms with van der Waals surface area (Å²) in [4.78, 5) is 12.7. The van der Waals surface area contributed by atoms with Crippen molar-refractivity contribution in [3.63, 3.8) is 0 Å². The maximum atomic E-state index is 13.3. The van der Waals surface area contributed by atoms with E-state index in [9.17, 15) is 13.2 Å². The molecule has 0 aromatic heterocycles. The third-order valence-electron chi connectivity index (χ3n) is 4.66. The summed E-state index contributed by atoms with van der Waals surface area (Å²) < 4.78 is 33.7. The molecule has 34 heavy (non-hydrogen) atoms. The van der Waals surface area contributed by atoms with Crippen molar-refractivity contribution >= 4 is 61.3 Å². The van der Waals surface area contributed by atoms with Crippen LogP contribution in [0.1, 0.15) is 11.1 Å². The monoisotopic (exact) mass is 583 g/mol. The lowest BCUT2D eigenvalue weighted by atomic mass is 10.2. The second-order valence-corrected chi connectivity index (χ2v) is 10.7. The Morgan fingerprint density at radius 1 is 1.12 bits per heavy atom. The van der Waals surface area contributed by atoms with Crippen LogP contribution < -0.4 is 10.2 Å². The zero-order valence-corrected chi connectivity index (χ0v) is 21.8. The summed E-state index contributed by atoms with van der Waals surface area (Å²) in [6.45, 7) is -0.626. The third kappa shape index (κ3) is 6.80. The largest absolute Gasteiger partial charge is 0.496 e. The molecule has 0 atom stereocenters. The molecule has 1 N–H and O–H groups in total. The van der Waals surface area contributed by atoms with Crippen LogP contribution in [0.3, 0.4) is 0 Å². The minimum Gasteiger partial charge on any atom is -0.496 e. The van der Waals surface area contributed by atoms with E-state index in [1.54, 1.807) is 42.5 Å². The fourth-order valence-corrected chi connectivity index (χ4v) is 5.07. The summed E-state index contributed by atoms with van der Waals surface area (Å²) in [6, 6.07) is 18.0. The molecule has 0 aliphatic heterocycles. The van der Waals surface area contributed by atoms with E-state index in [2.05, 4.69) is 26.5 Å². The van der Waals surface area contributed by atoms with Crippen molar-refractivity contribution in [2.45, 2.75) is 11.4 Å². The zero-order chi connectivity index (χ0) is 24.7. The molecule has 0 spiro atoms. The standard InChI is InChI=1S/C23H20BrCl2N3O4S/c1-33-22-5-3-2-4-16(22)13-27-28-23(30)15-29(14-17-6-9-19(25)12-21(17)26)34(31,32)20-10-7-18(24)8-11-20/h2-13H,14-15H2,1H3,(H,28,30)/b27-13+. The van der Waals surface area contributed by atoms with Crippen molar-refractivity contribution in [1.29, 1.82) is 0 Å². The minimum atomic E-state index is -4.04. The molecule has 0 radical (unpaired) electrons. The molecule has 0 aliphatic carbocycles. The summed E-state index contributed by atoms with van der Waals surface area (Å²) in [6.07, 6.45) is 1.42. The van der Waals surface area contributed by atoms with Crippen LogP contribution in [-0.2, 0) is 21.4 Å². The van der Waals surface area contributed by atoms with Gasteiger partial charge in [-0.15, -0.1) is 0 Å². The van der Waals surface area contributed by atoms with Gasteiger partial charge in [-0.2, -0.15) is 9.41 Å². The summed E-state index contributed by atoms with van der Waals surface area (Å²) in [5.74, 6) is -0.0470. The van der Waals surface area contributed by atoms with Crippen molar-refractivity contribution in [1.82, 2.24) is 9.73 Å². The first kappa shape index (κ1) is 26.2. The smallest absolute Gasteiger partial charge is 0.255 e. The van der Waals surface area contributed by atoms with E-state index in [0.29, 0.717) is 21.9 Å². The third-order valence-corrected chi connectivity index (χ3v) is 7.59. The van der Waals surface area contributed by atoms with Gasteiger partial charge < -0.3 is 4.74 Å². The Morgan fingerprint density at radius 2 is 1.82 bits per heavy atom. The van der Waals surface area contributed by atoms with Crippen LogP contribution in [0, 0.1) is 0 Å². The molecule has 3 rings (SSSR count). The lowest BCUT2D eigenvalue weighted by Gasteiger charge is -2.22. The fourth-order valence-electron chi connectivity index (χ4n) is 2.96. The molecule has 3 aromatic carbocycles. The van der Waals surface area contributed by atoms with E-state index in [1.807, 2.05) is 6.07 Å². The zero-order valence-electron chi connectivity index (χ0n) is 17.9. The number of nitrogens with zero attached hydrogens (tertiary/aromatic N) is 2. The highest BCUT2D eigenvalue weighted by Crippen LogP contribution is 2.26. The number of benzene rings is 3. The number of rotatable bonds is 9. The Labute approximate surface area is 216 Å². The highest BCUT2D eigenvalue weighted by molar-refractivity contribution is 9.10. The number of carbonyl (C=O) groups is 1. The van der Waals surface area contributed by atoms with Crippen molar-refractivity contribution in [3.05, 3.63) is 92.4 Å². The first-order valence-electron chi connectivity index (χ1n) is 9.85. The molecular formula is C23H20BrCl2N3O4S. The topological polar surface area (TPSA) is 88.1 Å². The Morgan fingerprint density at radius 3 is 2.50 bits per heavy atom. The predicted octanol–water partition coefficient (Wildman–Crippen LogP) is 5.11. The number of amides is 1. The molecule has 0 saturated heterocycles. The van der Waals surface area contributed by atoms with Gasteiger partial charge >= 0.3 is 0 Å². The van der Waals surface area contributed by atoms with E-state index < -0.39 is 22.5 Å². The minimum absolute atomic E-state index is 0.0334. The molecule has 1 amide bonds. The van der Waals surface area contributed by atoms with Gasteiger partial charge in [-0.1, -0.05) is 57.3 Å². The average Bonchev–Trinajstić information content (AvgIpc) is 2.80. The second kappa shape index (κ2) is 11.8. The first-order chi connectivity index (χ1) is 16.2. The van der Waals surface area contributed by atoms with Crippen LogP contribution in [-0.4, -0.2) is 38.5 Å². The van der Waals surface area contributed by atoms with Gasteiger partial charge in [0.25, 0.3) is 5.91 Å². The highest BCUT2D eigenvalue weighted by Gasteiger charge is 2.27. The van der Waals surface area contributed by atoms with E-state index in [-0.39, 0.29) is 16.5 Å². The van der Waals surface area contributed by atoms with Crippen molar-refractivity contribution in [2.24, 2.45) is 5.10 Å². The lowest BCUT2D eigenvalue weighted by molar-refractivity contribution is -0.121. The maximum Gasteiger partial charge on any atom is 0.255 e. The van der Waals surface area contributed by atoms with Gasteiger partial charge in [-0.3, -0.25) is 4.79 Å². The van der Waals surface area contributed by atoms with Gasteiger partial charge in [-0.25, -0.2) is 13.8 Å². The molecule has 7 nitrogen and oxygen atoms in total. The normalized spacial score (nSPS) is 11.7. The van der Waals surface area contributed by atoms with Crippen LogP contribution >= 0.6 is 39.1 Å². The number of hydrogen-bond donors (Lipinski definition) is 1. The predicted molar refractivity (Wildman–Crippen MR) is 137 cm³/mol. The van der Waals surface area contributed by atoms with E-state index >= 15 is 0 Å². The lowest BCUT2D eigenvalue weighted by Crippen LogP contribution is -2.39. The number of sulfonamides is 1. The van der Waals surface area contributed by atoms with E-state index in [1.165, 1.54) is 31.5 Å². The molecule has 0 aliphatic rings. The molecular weight excluding hydrogens is 565 g/mol. The van der Waals surface area contributed by atoms with Gasteiger partial charge in [0.15, 0.2) is 0 Å². The number of carbonyl (C=O) groups excluding carboxylic acids is 1. The molecule has 178 valence electrons. The Kier molecular flexibility index (Phi) is 9.10. The molecule has 0 unspecified atom stereocenters. The Hall–Kier alpha value is -2.43. The number of halogens is 3.